The van der Waals surface area contributed by atoms with Crippen molar-refractivity contribution in [3.05, 3.63) is 59.3 Å². The van der Waals surface area contributed by atoms with Crippen LogP contribution in [0.4, 0.5) is 0 Å². The van der Waals surface area contributed by atoms with Gasteiger partial charge < -0.3 is 57.6 Å². The van der Waals surface area contributed by atoms with Crippen molar-refractivity contribution in [3.63, 3.8) is 0 Å². The molecule has 20 atom stereocenters. The zero-order chi connectivity index (χ0) is 50.3. The highest BCUT2D eigenvalue weighted by molar-refractivity contribution is 7.84. The van der Waals surface area contributed by atoms with Gasteiger partial charge in [-0.2, -0.15) is 12.7 Å². The average molecular weight is 1010 g/mol. The summed E-state index contributed by atoms with van der Waals surface area (Å²) in [6.07, 6.45) is 8.68. The smallest absolute Gasteiger partial charge is 0.338 e. The summed E-state index contributed by atoms with van der Waals surface area (Å²) in [6, 6.07) is 0. The van der Waals surface area contributed by atoms with Gasteiger partial charge in [-0.3, -0.25) is 4.79 Å². The summed E-state index contributed by atoms with van der Waals surface area (Å²) >= 11 is 0. The molecule has 0 aromatic carbocycles. The number of allylic oxidation sites excluding steroid dienone is 2. The molecule has 0 aromatic rings. The number of carbonyl (C=O) groups excluding carboxylic acids is 1. The first-order valence-corrected chi connectivity index (χ1v) is 27.0. The summed E-state index contributed by atoms with van der Waals surface area (Å²) in [5.74, 6) is -2.70. The number of esters is 1. The standard InChI is InChI=1S/C52H79NO16S/c1-11-29(2)46-32(5)19-20-51(68-46)27-38-24-37(67-51)18-17-31(4)45(30(3)15-14-16-36-28-61-49-44(54)33(6)23-39(50(55)64-38)52(36,49)56)65-42-25-40(59-9)47(34(7)62-42)66-43-26-41(60-10)48(35(8)63-43)69-70(57,58)53-21-12-13-22-53/h14-17,19-20,23,29-30,32,34-35,37-49,54,56H,11-13,18,21-22,24-28H2,1-10H3/t29?,30-,32-,34-,35-,37+,38-,39-,40-,41-,42-,43-,44+,45-,46+,47-,48-,49+,51+,52+/m0/s1. The van der Waals surface area contributed by atoms with Crippen LogP contribution in [0.3, 0.4) is 0 Å². The Labute approximate surface area is 415 Å². The number of hydrogen-bond acceptors (Lipinski definition) is 16. The first kappa shape index (κ1) is 53.9. The molecule has 0 amide bonds. The van der Waals surface area contributed by atoms with E-state index in [-0.39, 0.29) is 43.3 Å². The number of carbonyl (C=O) groups is 1. The molecule has 70 heavy (non-hydrogen) atoms. The third-order valence-corrected chi connectivity index (χ3v) is 17.5. The summed E-state index contributed by atoms with van der Waals surface area (Å²) in [5, 5.41) is 23.8. The van der Waals surface area contributed by atoms with Crippen LogP contribution in [-0.4, -0.2) is 160 Å². The molecule has 0 radical (unpaired) electrons. The molecule has 0 saturated carbocycles. The minimum atomic E-state index is -3.96. The number of methoxy groups -OCH3 is 2. The Morgan fingerprint density at radius 2 is 1.56 bits per heavy atom. The van der Waals surface area contributed by atoms with Crippen LogP contribution in [-0.2, 0) is 66.7 Å². The maximum Gasteiger partial charge on any atom is 0.338 e. The Morgan fingerprint density at radius 1 is 0.886 bits per heavy atom. The zero-order valence-corrected chi connectivity index (χ0v) is 43.5. The van der Waals surface area contributed by atoms with Gasteiger partial charge in [0.1, 0.15) is 42.0 Å². The van der Waals surface area contributed by atoms with Gasteiger partial charge in [0.25, 0.3) is 0 Å². The molecule has 2 N–H and O–H groups in total. The first-order chi connectivity index (χ1) is 33.3. The lowest BCUT2D eigenvalue weighted by Crippen LogP contribution is -2.58. The lowest BCUT2D eigenvalue weighted by atomic mass is 9.71. The SMILES string of the molecule is CCC(C)[C@H]1O[C@]2(C=C[C@@H]1C)C[C@@H]1C[C@@H](CC=C(C)[C@@H](O[C@H]3C[C@H](OC)[C@@H](O[C@H]4C[C@H](OC)[C@@H](OS(=O)(=O)N5CCCC5)[C@H](C)O4)[C@H](C)O3)[C@@H](C)C=CC=C3CO[C@@H]4[C@H](O)C(C)=C[C@@H](C(=O)O1)[C@]34O)O2. The molecule has 1 unspecified atom stereocenters. The molecule has 5 saturated heterocycles. The van der Waals surface area contributed by atoms with Gasteiger partial charge in [0.05, 0.1) is 49.3 Å². The second-order valence-electron chi connectivity index (χ2n) is 21.1. The molecule has 2 bridgehead atoms. The molecule has 1 aliphatic carbocycles. The molecule has 8 rings (SSSR count). The third kappa shape index (κ3) is 11.2. The van der Waals surface area contributed by atoms with Crippen LogP contribution in [0.25, 0.3) is 0 Å². The van der Waals surface area contributed by atoms with E-state index >= 15 is 0 Å². The van der Waals surface area contributed by atoms with Crippen molar-refractivity contribution >= 4 is 16.3 Å². The van der Waals surface area contributed by atoms with E-state index in [0.717, 1.165) is 24.8 Å². The monoisotopic (exact) mass is 1010 g/mol. The fourth-order valence-corrected chi connectivity index (χ4v) is 13.2. The lowest BCUT2D eigenvalue weighted by molar-refractivity contribution is -0.317. The van der Waals surface area contributed by atoms with Crippen LogP contribution < -0.4 is 0 Å². The summed E-state index contributed by atoms with van der Waals surface area (Å²) in [4.78, 5) is 14.4. The predicted octanol–water partition coefficient (Wildman–Crippen LogP) is 5.74. The zero-order valence-electron chi connectivity index (χ0n) is 42.7. The molecule has 18 heteroatoms. The molecule has 8 aliphatic rings. The van der Waals surface area contributed by atoms with E-state index in [9.17, 15) is 23.4 Å². The van der Waals surface area contributed by atoms with E-state index in [0.29, 0.717) is 43.5 Å². The van der Waals surface area contributed by atoms with E-state index in [2.05, 4.69) is 32.9 Å². The second kappa shape index (κ2) is 22.2. The van der Waals surface area contributed by atoms with Crippen molar-refractivity contribution in [2.45, 2.75) is 204 Å². The van der Waals surface area contributed by atoms with E-state index < -0.39 is 113 Å². The molecule has 1 spiro atoms. The highest BCUT2D eigenvalue weighted by Gasteiger charge is 2.60. The van der Waals surface area contributed by atoms with Crippen LogP contribution in [0, 0.1) is 23.7 Å². The molecule has 0 aromatic heterocycles. The van der Waals surface area contributed by atoms with Gasteiger partial charge in [0, 0.05) is 64.8 Å². The number of ether oxygens (including phenoxy) is 10. The number of fused-ring (bicyclic) bond motifs is 2. The fourth-order valence-electron chi connectivity index (χ4n) is 11.8. The molecule has 5 fully saturated rings. The van der Waals surface area contributed by atoms with Gasteiger partial charge in [0.15, 0.2) is 18.4 Å². The van der Waals surface area contributed by atoms with Gasteiger partial charge >= 0.3 is 16.3 Å². The average Bonchev–Trinajstić information content (AvgIpc) is 4.00. The molecule has 7 heterocycles. The van der Waals surface area contributed by atoms with Gasteiger partial charge in [-0.25, -0.2) is 4.18 Å². The van der Waals surface area contributed by atoms with E-state index in [4.69, 9.17) is 51.6 Å². The minimum Gasteiger partial charge on any atom is -0.462 e. The van der Waals surface area contributed by atoms with Crippen molar-refractivity contribution in [3.8, 4) is 0 Å². The van der Waals surface area contributed by atoms with Crippen molar-refractivity contribution in [1.82, 2.24) is 4.31 Å². The topological polar surface area (TPSA) is 196 Å². The number of hydrogen-bond donors (Lipinski definition) is 2. The Bertz CT molecular complexity index is 2110. The van der Waals surface area contributed by atoms with Gasteiger partial charge in [-0.15, -0.1) is 0 Å². The Kier molecular flexibility index (Phi) is 17.1. The molecule has 394 valence electrons. The van der Waals surface area contributed by atoms with E-state index in [1.807, 2.05) is 39.0 Å². The van der Waals surface area contributed by atoms with Crippen molar-refractivity contribution in [2.75, 3.05) is 33.9 Å². The van der Waals surface area contributed by atoms with Crippen LogP contribution in [0.2, 0.25) is 0 Å². The predicted molar refractivity (Wildman–Crippen MR) is 256 cm³/mol. The summed E-state index contributed by atoms with van der Waals surface area (Å²) < 4.78 is 97.8. The second-order valence-corrected chi connectivity index (χ2v) is 22.7. The minimum absolute atomic E-state index is 0.0123. The number of aliphatic hydroxyl groups excluding tert-OH is 1. The Hall–Kier alpha value is -2.40. The summed E-state index contributed by atoms with van der Waals surface area (Å²) in [6.45, 7) is 16.8. The first-order valence-electron chi connectivity index (χ1n) is 25.7. The van der Waals surface area contributed by atoms with Crippen LogP contribution in [0.1, 0.15) is 107 Å². The largest absolute Gasteiger partial charge is 0.462 e. The molecular formula is C52H79NO16S. The Balaban J connectivity index is 1.03. The summed E-state index contributed by atoms with van der Waals surface area (Å²) in [5.41, 5.74) is 0.0513. The number of rotatable bonds is 11. The maximum atomic E-state index is 14.4. The highest BCUT2D eigenvalue weighted by atomic mass is 32.2. The third-order valence-electron chi connectivity index (χ3n) is 16.1. The lowest BCUT2D eigenvalue weighted by Gasteiger charge is -2.48. The summed E-state index contributed by atoms with van der Waals surface area (Å²) in [7, 11) is -0.815. The number of nitrogens with zero attached hydrogens (tertiary/aromatic N) is 1. The molecular weight excluding hydrogens is 927 g/mol. The molecule has 7 aliphatic heterocycles. The highest BCUT2D eigenvalue weighted by Crippen LogP contribution is 2.47. The van der Waals surface area contributed by atoms with Gasteiger partial charge in [-0.05, 0) is 75.7 Å². The fraction of sp³-hybridized carbons (Fsp3) is 0.788. The van der Waals surface area contributed by atoms with Crippen LogP contribution in [0.5, 0.6) is 0 Å². The van der Waals surface area contributed by atoms with E-state index in [1.54, 1.807) is 33.1 Å². The van der Waals surface area contributed by atoms with Crippen molar-refractivity contribution < 1.29 is 75.0 Å². The Morgan fingerprint density at radius 3 is 2.24 bits per heavy atom. The number of aliphatic hydroxyl groups is 2. The van der Waals surface area contributed by atoms with Crippen molar-refractivity contribution in [2.24, 2.45) is 23.7 Å². The quantitative estimate of drug-likeness (QED) is 0.188. The van der Waals surface area contributed by atoms with Crippen LogP contribution >= 0.6 is 0 Å². The van der Waals surface area contributed by atoms with Gasteiger partial charge in [-0.1, -0.05) is 70.6 Å². The van der Waals surface area contributed by atoms with Gasteiger partial charge in [0.2, 0.25) is 0 Å². The van der Waals surface area contributed by atoms with Crippen molar-refractivity contribution in [1.29, 1.82) is 0 Å². The maximum absolute atomic E-state index is 14.4. The van der Waals surface area contributed by atoms with E-state index in [1.165, 1.54) is 11.4 Å². The molecule has 17 nitrogen and oxygen atoms in total. The normalized spacial score (nSPS) is 44.6. The van der Waals surface area contributed by atoms with Crippen LogP contribution in [0.15, 0.2) is 59.3 Å².